The van der Waals surface area contributed by atoms with E-state index in [4.69, 9.17) is 14.6 Å². The Morgan fingerprint density at radius 1 is 0.815 bits per heavy atom. The topological polar surface area (TPSA) is 55.8 Å². The second-order valence-corrected chi connectivity index (χ2v) is 5.98. The Hall–Kier alpha value is -1.91. The van der Waals surface area contributed by atoms with Crippen molar-refractivity contribution in [3.8, 4) is 0 Å². The standard InChI is InChI=1S/C23H36O4/c1-3-4-5-6-7-8-9-10-11-12-13-14-15-16-17-18-19-20-21-27-23(26-2)22(24)25/h4-5,7-8,10-11,13-14,16-17,23H,3,6,9,12,15,18-21H2,1-2H3,(H,24,25). The molecular formula is C23H36O4. The molecule has 0 aliphatic heterocycles. The summed E-state index contributed by atoms with van der Waals surface area (Å²) in [6.45, 7) is 2.54. The Kier molecular flexibility index (Phi) is 19.0. The number of aliphatic carboxylic acids is 1. The van der Waals surface area contributed by atoms with Crippen molar-refractivity contribution in [3.63, 3.8) is 0 Å². The number of hydrogen-bond acceptors (Lipinski definition) is 3. The number of unbranched alkanes of at least 4 members (excludes halogenated alkanes) is 2. The highest BCUT2D eigenvalue weighted by Crippen LogP contribution is 2.02. The summed E-state index contributed by atoms with van der Waals surface area (Å²) in [5.41, 5.74) is 0. The van der Waals surface area contributed by atoms with Crippen LogP contribution < -0.4 is 0 Å². The van der Waals surface area contributed by atoms with Crippen molar-refractivity contribution in [1.82, 2.24) is 0 Å². The van der Waals surface area contributed by atoms with Gasteiger partial charge < -0.3 is 14.6 Å². The Morgan fingerprint density at radius 3 is 1.74 bits per heavy atom. The van der Waals surface area contributed by atoms with Crippen LogP contribution in [0.2, 0.25) is 0 Å². The maximum atomic E-state index is 10.7. The average molecular weight is 377 g/mol. The van der Waals surface area contributed by atoms with E-state index in [1.54, 1.807) is 0 Å². The highest BCUT2D eigenvalue weighted by molar-refractivity contribution is 5.70. The van der Waals surface area contributed by atoms with E-state index < -0.39 is 12.3 Å². The van der Waals surface area contributed by atoms with Gasteiger partial charge in [0.1, 0.15) is 0 Å². The van der Waals surface area contributed by atoms with Crippen molar-refractivity contribution in [2.75, 3.05) is 13.7 Å². The molecule has 0 heterocycles. The summed E-state index contributed by atoms with van der Waals surface area (Å²) in [7, 11) is 1.33. The first-order chi connectivity index (χ1) is 13.2. The molecule has 1 unspecified atom stereocenters. The maximum Gasteiger partial charge on any atom is 0.361 e. The predicted molar refractivity (Wildman–Crippen MR) is 113 cm³/mol. The van der Waals surface area contributed by atoms with E-state index in [1.165, 1.54) is 7.11 Å². The molecule has 4 heteroatoms. The summed E-state index contributed by atoms with van der Waals surface area (Å²) in [6, 6.07) is 0. The lowest BCUT2D eigenvalue weighted by Gasteiger charge is -2.10. The van der Waals surface area contributed by atoms with Crippen molar-refractivity contribution >= 4 is 5.97 Å². The first-order valence-corrected chi connectivity index (χ1v) is 9.84. The number of hydrogen-bond donors (Lipinski definition) is 1. The lowest BCUT2D eigenvalue weighted by Crippen LogP contribution is -2.26. The fourth-order valence-corrected chi connectivity index (χ4v) is 2.16. The van der Waals surface area contributed by atoms with Crippen LogP contribution in [0.25, 0.3) is 0 Å². The number of methoxy groups -OCH3 is 1. The Labute approximate surface area is 165 Å². The molecule has 0 saturated heterocycles. The molecule has 0 rings (SSSR count). The molecule has 27 heavy (non-hydrogen) atoms. The molecule has 0 fully saturated rings. The zero-order valence-electron chi connectivity index (χ0n) is 16.9. The zero-order chi connectivity index (χ0) is 20.0. The van der Waals surface area contributed by atoms with Crippen LogP contribution in [0.5, 0.6) is 0 Å². The smallest absolute Gasteiger partial charge is 0.361 e. The molecule has 1 atom stereocenters. The maximum absolute atomic E-state index is 10.7. The van der Waals surface area contributed by atoms with Crippen molar-refractivity contribution in [2.45, 2.75) is 64.6 Å². The van der Waals surface area contributed by atoms with Crippen LogP contribution in [-0.4, -0.2) is 31.1 Å². The molecular weight excluding hydrogens is 340 g/mol. The van der Waals surface area contributed by atoms with Crippen LogP contribution in [0.15, 0.2) is 60.8 Å². The monoisotopic (exact) mass is 376 g/mol. The van der Waals surface area contributed by atoms with Crippen molar-refractivity contribution in [2.24, 2.45) is 0 Å². The average Bonchev–Trinajstić information content (AvgIpc) is 2.66. The highest BCUT2D eigenvalue weighted by atomic mass is 16.7. The van der Waals surface area contributed by atoms with Gasteiger partial charge in [0.2, 0.25) is 0 Å². The van der Waals surface area contributed by atoms with Crippen LogP contribution in [0.3, 0.4) is 0 Å². The molecule has 0 saturated carbocycles. The Balaban J connectivity index is 3.51. The minimum Gasteiger partial charge on any atom is -0.477 e. The van der Waals surface area contributed by atoms with Gasteiger partial charge in [-0.2, -0.15) is 0 Å². The van der Waals surface area contributed by atoms with Gasteiger partial charge in [0.25, 0.3) is 6.29 Å². The molecule has 0 bridgehead atoms. The van der Waals surface area contributed by atoms with Gasteiger partial charge in [-0.05, 0) is 51.4 Å². The van der Waals surface area contributed by atoms with E-state index in [9.17, 15) is 4.79 Å². The molecule has 0 amide bonds. The summed E-state index contributed by atoms with van der Waals surface area (Å²) in [6.07, 6.45) is 28.5. The van der Waals surface area contributed by atoms with Gasteiger partial charge in [0.05, 0.1) is 6.61 Å². The molecule has 152 valence electrons. The third-order valence-electron chi connectivity index (χ3n) is 3.61. The van der Waals surface area contributed by atoms with Crippen molar-refractivity contribution in [3.05, 3.63) is 60.8 Å². The normalized spacial score (nSPS) is 13.9. The zero-order valence-corrected chi connectivity index (χ0v) is 16.9. The number of rotatable bonds is 17. The molecule has 4 nitrogen and oxygen atoms in total. The number of carbonyl (C=O) groups is 1. The van der Waals surface area contributed by atoms with Crippen LogP contribution in [0.1, 0.15) is 58.3 Å². The van der Waals surface area contributed by atoms with E-state index in [0.717, 1.165) is 51.4 Å². The first kappa shape index (κ1) is 25.1. The summed E-state index contributed by atoms with van der Waals surface area (Å²) in [5.74, 6) is -1.09. The fraction of sp³-hybridized carbons (Fsp3) is 0.522. The molecule has 0 aromatic carbocycles. The van der Waals surface area contributed by atoms with Gasteiger partial charge >= 0.3 is 5.97 Å². The fourth-order valence-electron chi connectivity index (χ4n) is 2.16. The Bertz CT molecular complexity index is 487. The van der Waals surface area contributed by atoms with Crippen molar-refractivity contribution < 1.29 is 19.4 Å². The van der Waals surface area contributed by atoms with Gasteiger partial charge in [-0.25, -0.2) is 4.79 Å². The van der Waals surface area contributed by atoms with Crippen LogP contribution in [0.4, 0.5) is 0 Å². The molecule has 1 N–H and O–H groups in total. The number of carboxylic acids is 1. The van der Waals surface area contributed by atoms with E-state index in [-0.39, 0.29) is 0 Å². The summed E-state index contributed by atoms with van der Waals surface area (Å²) in [5, 5.41) is 8.75. The third kappa shape index (κ3) is 18.7. The largest absolute Gasteiger partial charge is 0.477 e. The molecule has 0 aromatic rings. The first-order valence-electron chi connectivity index (χ1n) is 9.84. The van der Waals surface area contributed by atoms with Gasteiger partial charge in [-0.3, -0.25) is 0 Å². The Morgan fingerprint density at radius 2 is 1.30 bits per heavy atom. The lowest BCUT2D eigenvalue weighted by molar-refractivity contribution is -0.183. The van der Waals surface area contributed by atoms with E-state index in [0.29, 0.717) is 6.61 Å². The molecule has 0 aliphatic carbocycles. The van der Waals surface area contributed by atoms with Crippen LogP contribution in [-0.2, 0) is 14.3 Å². The quantitative estimate of drug-likeness (QED) is 0.193. The predicted octanol–water partition coefficient (Wildman–Crippen LogP) is 5.98. The van der Waals surface area contributed by atoms with Gasteiger partial charge in [-0.15, -0.1) is 0 Å². The van der Waals surface area contributed by atoms with Crippen LogP contribution in [0, 0.1) is 0 Å². The van der Waals surface area contributed by atoms with Gasteiger partial charge in [0.15, 0.2) is 0 Å². The van der Waals surface area contributed by atoms with Gasteiger partial charge in [-0.1, -0.05) is 67.7 Å². The lowest BCUT2D eigenvalue weighted by atomic mass is 10.2. The summed E-state index contributed by atoms with van der Waals surface area (Å²) < 4.78 is 9.81. The van der Waals surface area contributed by atoms with Crippen molar-refractivity contribution in [1.29, 1.82) is 0 Å². The molecule has 0 aromatic heterocycles. The van der Waals surface area contributed by atoms with Crippen LogP contribution >= 0.6 is 0 Å². The highest BCUT2D eigenvalue weighted by Gasteiger charge is 2.15. The SMILES string of the molecule is CCC=CCC=CCC=CCC=CCC=CCCCCOC(OC)C(=O)O. The second-order valence-electron chi connectivity index (χ2n) is 5.98. The van der Waals surface area contributed by atoms with Gasteiger partial charge in [0, 0.05) is 7.11 Å². The third-order valence-corrected chi connectivity index (χ3v) is 3.61. The second kappa shape index (κ2) is 20.4. The minimum atomic E-state index is -1.15. The summed E-state index contributed by atoms with van der Waals surface area (Å²) >= 11 is 0. The van der Waals surface area contributed by atoms with E-state index in [2.05, 4.69) is 67.7 Å². The molecule has 0 aliphatic rings. The number of ether oxygens (including phenoxy) is 2. The number of carboxylic acid groups (broad SMARTS) is 1. The minimum absolute atomic E-state index is 0.398. The summed E-state index contributed by atoms with van der Waals surface area (Å²) in [4.78, 5) is 10.7. The molecule has 0 spiro atoms. The number of allylic oxidation sites excluding steroid dienone is 10. The molecule has 0 radical (unpaired) electrons. The van der Waals surface area contributed by atoms with E-state index in [1.807, 2.05) is 0 Å². The van der Waals surface area contributed by atoms with E-state index >= 15 is 0 Å².